The molecule has 2 unspecified atom stereocenters. The van der Waals surface area contributed by atoms with Crippen molar-refractivity contribution in [2.24, 2.45) is 23.5 Å². The van der Waals surface area contributed by atoms with Gasteiger partial charge in [-0.05, 0) is 62.9 Å². The number of amides is 1. The molecule has 13 heteroatoms. The molecule has 0 heterocycles. The summed E-state index contributed by atoms with van der Waals surface area (Å²) in [5.74, 6) is -9.33. The molecule has 10 nitrogen and oxygen atoms in total. The lowest BCUT2D eigenvalue weighted by molar-refractivity contribution is -0.171. The summed E-state index contributed by atoms with van der Waals surface area (Å²) in [6.07, 6.45) is -4.93. The Labute approximate surface area is 234 Å². The summed E-state index contributed by atoms with van der Waals surface area (Å²) >= 11 is 0. The van der Waals surface area contributed by atoms with Gasteiger partial charge in [-0.2, -0.15) is 13.2 Å². The second-order valence-corrected chi connectivity index (χ2v) is 11.6. The maximum atomic E-state index is 14.0. The number of fused-ring (bicyclic) bond motifs is 3. The Morgan fingerprint density at radius 1 is 1.17 bits per heavy atom. The first-order valence-corrected chi connectivity index (χ1v) is 13.1. The largest absolute Gasteiger partial charge is 0.508 e. The maximum absolute atomic E-state index is 14.0. The van der Waals surface area contributed by atoms with Crippen LogP contribution in [-0.4, -0.2) is 88.8 Å². The molecule has 1 amide bonds. The summed E-state index contributed by atoms with van der Waals surface area (Å²) in [7, 11) is 6.39. The minimum absolute atomic E-state index is 0.0652. The molecule has 3 aliphatic carbocycles. The molecule has 1 fully saturated rings. The van der Waals surface area contributed by atoms with E-state index in [0.29, 0.717) is 11.3 Å². The van der Waals surface area contributed by atoms with Crippen molar-refractivity contribution in [2.45, 2.75) is 50.4 Å². The Bertz CT molecular complexity index is 1400. The number of halogens is 3. The van der Waals surface area contributed by atoms with Gasteiger partial charge in [0.05, 0.1) is 17.5 Å². The third-order valence-corrected chi connectivity index (χ3v) is 8.66. The van der Waals surface area contributed by atoms with E-state index in [9.17, 15) is 48.0 Å². The zero-order chi connectivity index (χ0) is 30.9. The van der Waals surface area contributed by atoms with Gasteiger partial charge in [-0.25, -0.2) is 0 Å². The van der Waals surface area contributed by atoms with Crippen LogP contribution in [0.15, 0.2) is 23.0 Å². The van der Waals surface area contributed by atoms with Crippen LogP contribution in [0, 0.1) is 17.8 Å². The second-order valence-electron chi connectivity index (χ2n) is 11.6. The zero-order valence-corrected chi connectivity index (χ0v) is 23.3. The highest BCUT2D eigenvalue weighted by atomic mass is 19.4. The van der Waals surface area contributed by atoms with Crippen LogP contribution in [0.25, 0.3) is 5.76 Å². The number of carbonyl (C=O) groups is 3. The number of primary amides is 1. The van der Waals surface area contributed by atoms with Crippen molar-refractivity contribution in [3.63, 3.8) is 0 Å². The van der Waals surface area contributed by atoms with Crippen LogP contribution in [-0.2, 0) is 27.2 Å². The number of Topliss-reactive ketones (excluding diaryl/α,β-unsaturated/α-hetero) is 2. The average Bonchev–Trinajstić information content (AvgIpc) is 2.84. The molecule has 0 aromatic heterocycles. The Morgan fingerprint density at radius 2 is 1.78 bits per heavy atom. The van der Waals surface area contributed by atoms with Gasteiger partial charge in [0.2, 0.25) is 5.78 Å². The predicted octanol–water partition coefficient (Wildman–Crippen LogP) is 2.16. The van der Waals surface area contributed by atoms with Gasteiger partial charge < -0.3 is 31.1 Å². The summed E-state index contributed by atoms with van der Waals surface area (Å²) in [6.45, 7) is 1.03. The number of hydrogen-bond acceptors (Lipinski definition) is 9. The summed E-state index contributed by atoms with van der Waals surface area (Å²) < 4.78 is 39.5. The van der Waals surface area contributed by atoms with Crippen LogP contribution < -0.4 is 10.6 Å². The van der Waals surface area contributed by atoms with E-state index in [1.807, 2.05) is 0 Å². The van der Waals surface area contributed by atoms with Crippen LogP contribution in [0.3, 0.4) is 0 Å². The van der Waals surface area contributed by atoms with Gasteiger partial charge in [0.1, 0.15) is 22.8 Å². The number of likely N-dealkylation sites (N-methyl/N-ethyl adjacent to an activating group) is 1. The molecule has 5 atom stereocenters. The molecule has 0 saturated heterocycles. The van der Waals surface area contributed by atoms with Gasteiger partial charge in [0, 0.05) is 31.3 Å². The monoisotopic (exact) mass is 581 g/mol. The molecular formula is C28H34F3N3O7. The second kappa shape index (κ2) is 10.1. The van der Waals surface area contributed by atoms with E-state index >= 15 is 0 Å². The number of phenols is 1. The highest BCUT2D eigenvalue weighted by Gasteiger charge is 2.64. The molecule has 1 saturated carbocycles. The fourth-order valence-electron chi connectivity index (χ4n) is 6.47. The number of anilines is 1. The summed E-state index contributed by atoms with van der Waals surface area (Å²) in [5, 5.41) is 45.3. The van der Waals surface area contributed by atoms with E-state index in [1.54, 1.807) is 25.1 Å². The first kappa shape index (κ1) is 30.4. The lowest BCUT2D eigenvalue weighted by Gasteiger charge is -2.50. The van der Waals surface area contributed by atoms with E-state index in [4.69, 9.17) is 5.73 Å². The zero-order valence-electron chi connectivity index (χ0n) is 23.3. The Balaban J connectivity index is 1.92. The number of ketones is 2. The predicted molar refractivity (Wildman–Crippen MR) is 142 cm³/mol. The van der Waals surface area contributed by atoms with E-state index in [1.165, 1.54) is 19.0 Å². The minimum atomic E-state index is -4.43. The first-order chi connectivity index (χ1) is 18.8. The van der Waals surface area contributed by atoms with Crippen LogP contribution in [0.4, 0.5) is 18.9 Å². The van der Waals surface area contributed by atoms with E-state index in [-0.39, 0.29) is 42.4 Å². The fraction of sp³-hybridized carbons (Fsp3) is 0.536. The standard InChI is InChI=1S/C28H34F3N3O7/c1-11(28(29,30)31)6-7-12-10-16(33(2)3)14-8-13-9-15-20(34(4)5)23(37)19(26(32)40)25(39)27(15,41)24(38)17(13)22(36)18(14)21(12)35/h10-11,13,15,20,35-36,39,41H,6-9H2,1-5H3,(H2,32,40)/t11?,13-,15-,20?,27-/m0/s1. The Kier molecular flexibility index (Phi) is 7.45. The third-order valence-electron chi connectivity index (χ3n) is 8.66. The molecule has 0 radical (unpaired) electrons. The lowest BCUT2D eigenvalue weighted by atomic mass is 9.57. The van der Waals surface area contributed by atoms with Crippen molar-refractivity contribution in [1.82, 2.24) is 4.90 Å². The molecule has 224 valence electrons. The smallest absolute Gasteiger partial charge is 0.391 e. The van der Waals surface area contributed by atoms with Gasteiger partial charge in [0.15, 0.2) is 11.4 Å². The van der Waals surface area contributed by atoms with Crippen LogP contribution in [0.2, 0.25) is 0 Å². The van der Waals surface area contributed by atoms with E-state index in [0.717, 1.165) is 6.92 Å². The van der Waals surface area contributed by atoms with Gasteiger partial charge in [0.25, 0.3) is 5.91 Å². The average molecular weight is 582 g/mol. The molecule has 4 rings (SSSR count). The lowest BCUT2D eigenvalue weighted by Crippen LogP contribution is -2.65. The van der Waals surface area contributed by atoms with Crippen LogP contribution in [0.1, 0.15) is 36.5 Å². The number of aryl methyl sites for hydroxylation is 1. The number of aliphatic hydroxyl groups is 3. The number of aromatic hydroxyl groups is 1. The summed E-state index contributed by atoms with van der Waals surface area (Å²) in [4.78, 5) is 42.4. The van der Waals surface area contributed by atoms with E-state index in [2.05, 4.69) is 0 Å². The van der Waals surface area contributed by atoms with Crippen LogP contribution >= 0.6 is 0 Å². The SMILES string of the molecule is CC(CCc1cc(N(C)C)c2c(c1O)C(O)=C1C(=O)[C@]3(O)C(O)=C(C(N)=O)C(=O)C(N(C)C)[C@@H]3C[C@@H]1C2)C(F)(F)F. The molecule has 0 bridgehead atoms. The molecule has 1 aromatic carbocycles. The number of rotatable bonds is 6. The molecule has 41 heavy (non-hydrogen) atoms. The van der Waals surface area contributed by atoms with Gasteiger partial charge in [-0.3, -0.25) is 19.3 Å². The maximum Gasteiger partial charge on any atom is 0.391 e. The van der Waals surface area contributed by atoms with Crippen molar-refractivity contribution in [3.05, 3.63) is 39.7 Å². The molecule has 0 aliphatic heterocycles. The van der Waals surface area contributed by atoms with Gasteiger partial charge in [-0.15, -0.1) is 0 Å². The van der Waals surface area contributed by atoms with Crippen molar-refractivity contribution < 1.29 is 48.0 Å². The van der Waals surface area contributed by atoms with Crippen molar-refractivity contribution in [1.29, 1.82) is 0 Å². The number of hydrogen-bond donors (Lipinski definition) is 5. The van der Waals surface area contributed by atoms with Gasteiger partial charge >= 0.3 is 6.18 Å². The quantitative estimate of drug-likeness (QED) is 0.317. The molecule has 6 N–H and O–H groups in total. The highest BCUT2D eigenvalue weighted by Crippen LogP contribution is 2.54. The Hall–Kier alpha value is -3.58. The summed E-state index contributed by atoms with van der Waals surface area (Å²) in [5.41, 5.74) is 2.24. The molecule has 0 spiro atoms. The minimum Gasteiger partial charge on any atom is -0.508 e. The van der Waals surface area contributed by atoms with Crippen molar-refractivity contribution >= 4 is 28.9 Å². The number of carbonyl (C=O) groups excluding carboxylic acids is 3. The molecule has 3 aliphatic rings. The molecular weight excluding hydrogens is 547 g/mol. The number of nitrogens with zero attached hydrogens (tertiary/aromatic N) is 2. The first-order valence-electron chi connectivity index (χ1n) is 13.1. The van der Waals surface area contributed by atoms with Crippen LogP contribution in [0.5, 0.6) is 5.75 Å². The highest BCUT2D eigenvalue weighted by molar-refractivity contribution is 6.24. The Morgan fingerprint density at radius 3 is 2.29 bits per heavy atom. The van der Waals surface area contributed by atoms with E-state index < -0.39 is 75.9 Å². The third kappa shape index (κ3) is 4.55. The van der Waals surface area contributed by atoms with Crippen molar-refractivity contribution in [2.75, 3.05) is 33.1 Å². The normalized spacial score (nSPS) is 27.0. The number of phenolic OH excluding ortho intramolecular Hbond substituents is 1. The summed E-state index contributed by atoms with van der Waals surface area (Å²) in [6, 6.07) is 0.351. The number of nitrogens with two attached hydrogens (primary N) is 1. The van der Waals surface area contributed by atoms with Crippen molar-refractivity contribution in [3.8, 4) is 5.75 Å². The molecule has 1 aromatic rings. The van der Waals surface area contributed by atoms with Gasteiger partial charge in [-0.1, -0.05) is 6.92 Å². The number of aliphatic hydroxyl groups excluding tert-OH is 2. The number of benzene rings is 1. The fourth-order valence-corrected chi connectivity index (χ4v) is 6.47. The topological polar surface area (TPSA) is 165 Å². The number of alkyl halides is 3.